The van der Waals surface area contributed by atoms with Crippen molar-refractivity contribution in [2.24, 2.45) is 0 Å². The molecule has 1 aromatic carbocycles. The number of hydrogen-bond donors (Lipinski definition) is 0. The van der Waals surface area contributed by atoms with Gasteiger partial charge in [-0.15, -0.1) is 0 Å². The van der Waals surface area contributed by atoms with Crippen LogP contribution in [-0.2, 0) is 0 Å². The number of nitrogens with zero attached hydrogens (tertiary/aromatic N) is 1. The molecule has 0 atom stereocenters. The Hall–Kier alpha value is -2.23. The number of aromatic nitrogens is 1. The lowest BCUT2D eigenvalue weighted by atomic mass is 10.1. The van der Waals surface area contributed by atoms with Crippen LogP contribution in [0.25, 0.3) is 0 Å². The fourth-order valence-electron chi connectivity index (χ4n) is 1.58. The summed E-state index contributed by atoms with van der Waals surface area (Å²) in [4.78, 5) is 16.0. The summed E-state index contributed by atoms with van der Waals surface area (Å²) in [6.45, 7) is 2.35. The van der Waals surface area contributed by atoms with Gasteiger partial charge in [0, 0.05) is 17.3 Å². The molecule has 1 heterocycles. The molecule has 0 aliphatic rings. The Morgan fingerprint density at radius 1 is 1.28 bits per heavy atom. The molecule has 0 radical (unpaired) electrons. The molecule has 0 aliphatic heterocycles. The van der Waals surface area contributed by atoms with Gasteiger partial charge in [-0.3, -0.25) is 9.78 Å². The van der Waals surface area contributed by atoms with E-state index in [4.69, 9.17) is 4.74 Å². The first-order valence-electron chi connectivity index (χ1n) is 5.59. The summed E-state index contributed by atoms with van der Waals surface area (Å²) in [5, 5.41) is 0. The van der Waals surface area contributed by atoms with Gasteiger partial charge < -0.3 is 4.74 Å². The molecule has 0 N–H and O–H groups in total. The van der Waals surface area contributed by atoms with Crippen molar-refractivity contribution in [1.82, 2.24) is 4.98 Å². The van der Waals surface area contributed by atoms with Crippen LogP contribution in [0.5, 0.6) is 5.75 Å². The molecular formula is C14H12FNO2. The Balaban J connectivity index is 2.31. The number of hydrogen-bond acceptors (Lipinski definition) is 3. The zero-order valence-corrected chi connectivity index (χ0v) is 9.89. The molecule has 0 fully saturated rings. The lowest BCUT2D eigenvalue weighted by Gasteiger charge is -2.05. The quantitative estimate of drug-likeness (QED) is 0.777. The topological polar surface area (TPSA) is 39.2 Å². The molecule has 0 amide bonds. The fraction of sp³-hybridized carbons (Fsp3) is 0.143. The number of rotatable bonds is 4. The van der Waals surface area contributed by atoms with Crippen molar-refractivity contribution in [1.29, 1.82) is 0 Å². The Bertz CT molecular complexity index is 569. The third-order valence-corrected chi connectivity index (χ3v) is 2.37. The Labute approximate surface area is 104 Å². The van der Waals surface area contributed by atoms with E-state index in [9.17, 15) is 9.18 Å². The van der Waals surface area contributed by atoms with Crippen molar-refractivity contribution >= 4 is 5.78 Å². The SMILES string of the molecule is CCOc1cncc(C(=O)c2cccc(F)c2)c1. The van der Waals surface area contributed by atoms with Gasteiger partial charge in [0.05, 0.1) is 12.8 Å². The number of carbonyl (C=O) groups is 1. The van der Waals surface area contributed by atoms with E-state index in [0.717, 1.165) is 0 Å². The van der Waals surface area contributed by atoms with Crippen molar-refractivity contribution in [2.75, 3.05) is 6.61 Å². The molecule has 0 spiro atoms. The molecule has 18 heavy (non-hydrogen) atoms. The van der Waals surface area contributed by atoms with Gasteiger partial charge >= 0.3 is 0 Å². The standard InChI is InChI=1S/C14H12FNO2/c1-2-18-13-7-11(8-16-9-13)14(17)10-4-3-5-12(15)6-10/h3-9H,2H2,1H3. The molecule has 2 rings (SSSR count). The van der Waals surface area contributed by atoms with Crippen LogP contribution in [-0.4, -0.2) is 17.4 Å². The van der Waals surface area contributed by atoms with Crippen LogP contribution in [0.2, 0.25) is 0 Å². The third kappa shape index (κ3) is 2.71. The van der Waals surface area contributed by atoms with E-state index in [1.807, 2.05) is 6.92 Å². The molecule has 0 bridgehead atoms. The predicted octanol–water partition coefficient (Wildman–Crippen LogP) is 2.85. The van der Waals surface area contributed by atoms with E-state index in [2.05, 4.69) is 4.98 Å². The summed E-state index contributed by atoms with van der Waals surface area (Å²) in [5.74, 6) is -0.182. The van der Waals surface area contributed by atoms with E-state index >= 15 is 0 Å². The van der Waals surface area contributed by atoms with Crippen LogP contribution in [0.4, 0.5) is 4.39 Å². The minimum Gasteiger partial charge on any atom is -0.492 e. The summed E-state index contributed by atoms with van der Waals surface area (Å²) in [7, 11) is 0. The van der Waals surface area contributed by atoms with Gasteiger partial charge in [-0.1, -0.05) is 12.1 Å². The average Bonchev–Trinajstić information content (AvgIpc) is 2.39. The maximum absolute atomic E-state index is 13.1. The van der Waals surface area contributed by atoms with E-state index in [-0.39, 0.29) is 5.78 Å². The summed E-state index contributed by atoms with van der Waals surface area (Å²) in [6, 6.07) is 7.17. The molecule has 0 saturated heterocycles. The minimum absolute atomic E-state index is 0.274. The minimum atomic E-state index is -0.435. The van der Waals surface area contributed by atoms with Crippen LogP contribution in [0.3, 0.4) is 0 Å². The molecule has 0 saturated carbocycles. The average molecular weight is 245 g/mol. The van der Waals surface area contributed by atoms with Gasteiger partial charge in [0.1, 0.15) is 11.6 Å². The van der Waals surface area contributed by atoms with E-state index in [1.54, 1.807) is 12.1 Å². The van der Waals surface area contributed by atoms with Crippen LogP contribution in [0, 0.1) is 5.82 Å². The van der Waals surface area contributed by atoms with Crippen LogP contribution in [0.1, 0.15) is 22.8 Å². The van der Waals surface area contributed by atoms with E-state index in [1.165, 1.54) is 30.6 Å². The second kappa shape index (κ2) is 5.40. The number of ketones is 1. The highest BCUT2D eigenvalue weighted by molar-refractivity contribution is 6.08. The summed E-state index contributed by atoms with van der Waals surface area (Å²) in [6.07, 6.45) is 2.97. The van der Waals surface area contributed by atoms with E-state index < -0.39 is 5.82 Å². The first kappa shape index (κ1) is 12.2. The molecule has 0 unspecified atom stereocenters. The van der Waals surface area contributed by atoms with Crippen LogP contribution in [0.15, 0.2) is 42.7 Å². The zero-order valence-electron chi connectivity index (χ0n) is 9.89. The van der Waals surface area contributed by atoms with Crippen molar-refractivity contribution < 1.29 is 13.9 Å². The smallest absolute Gasteiger partial charge is 0.194 e. The number of carbonyl (C=O) groups excluding carboxylic acids is 1. The Morgan fingerprint density at radius 3 is 2.83 bits per heavy atom. The molecule has 92 valence electrons. The van der Waals surface area contributed by atoms with Gasteiger partial charge in [0.25, 0.3) is 0 Å². The highest BCUT2D eigenvalue weighted by Crippen LogP contribution is 2.15. The maximum Gasteiger partial charge on any atom is 0.194 e. The highest BCUT2D eigenvalue weighted by Gasteiger charge is 2.11. The van der Waals surface area contributed by atoms with Crippen LogP contribution >= 0.6 is 0 Å². The second-order valence-electron chi connectivity index (χ2n) is 3.68. The lowest BCUT2D eigenvalue weighted by molar-refractivity contribution is 0.103. The Morgan fingerprint density at radius 2 is 2.11 bits per heavy atom. The zero-order chi connectivity index (χ0) is 13.0. The Kier molecular flexibility index (Phi) is 3.67. The van der Waals surface area contributed by atoms with Crippen molar-refractivity contribution in [3.8, 4) is 5.75 Å². The van der Waals surface area contributed by atoms with E-state index in [0.29, 0.717) is 23.5 Å². The van der Waals surface area contributed by atoms with Gasteiger partial charge in [-0.05, 0) is 25.1 Å². The second-order valence-corrected chi connectivity index (χ2v) is 3.68. The molecule has 0 aliphatic carbocycles. The molecular weight excluding hydrogens is 233 g/mol. The molecule has 4 heteroatoms. The first-order chi connectivity index (χ1) is 8.70. The monoisotopic (exact) mass is 245 g/mol. The van der Waals surface area contributed by atoms with Crippen LogP contribution < -0.4 is 4.74 Å². The maximum atomic E-state index is 13.1. The van der Waals surface area contributed by atoms with Gasteiger partial charge in [-0.25, -0.2) is 4.39 Å². The van der Waals surface area contributed by atoms with Gasteiger partial charge in [0.15, 0.2) is 5.78 Å². The third-order valence-electron chi connectivity index (χ3n) is 2.37. The van der Waals surface area contributed by atoms with Crippen molar-refractivity contribution in [3.63, 3.8) is 0 Å². The predicted molar refractivity (Wildman–Crippen MR) is 65.2 cm³/mol. The normalized spacial score (nSPS) is 10.1. The van der Waals surface area contributed by atoms with Gasteiger partial charge in [-0.2, -0.15) is 0 Å². The number of pyridine rings is 1. The number of benzene rings is 1. The largest absolute Gasteiger partial charge is 0.492 e. The number of halogens is 1. The van der Waals surface area contributed by atoms with Crippen molar-refractivity contribution in [3.05, 3.63) is 59.7 Å². The fourth-order valence-corrected chi connectivity index (χ4v) is 1.58. The van der Waals surface area contributed by atoms with Gasteiger partial charge in [0.2, 0.25) is 0 Å². The highest BCUT2D eigenvalue weighted by atomic mass is 19.1. The summed E-state index contributed by atoms with van der Waals surface area (Å²) in [5.41, 5.74) is 0.678. The summed E-state index contributed by atoms with van der Waals surface area (Å²) >= 11 is 0. The molecule has 1 aromatic heterocycles. The number of ether oxygens (including phenoxy) is 1. The summed E-state index contributed by atoms with van der Waals surface area (Å²) < 4.78 is 18.3. The first-order valence-corrected chi connectivity index (χ1v) is 5.59. The molecule has 3 nitrogen and oxygen atoms in total. The van der Waals surface area contributed by atoms with Crippen molar-refractivity contribution in [2.45, 2.75) is 6.92 Å². The molecule has 2 aromatic rings. The lowest BCUT2D eigenvalue weighted by Crippen LogP contribution is -2.03.